The lowest BCUT2D eigenvalue weighted by Crippen LogP contribution is -2.46. The number of hydrogen-bond acceptors (Lipinski definition) is 4. The highest BCUT2D eigenvalue weighted by Gasteiger charge is 2.47. The number of amides is 2. The summed E-state index contributed by atoms with van der Waals surface area (Å²) in [5, 5.41) is 16.0. The summed E-state index contributed by atoms with van der Waals surface area (Å²) in [6.45, 7) is 4.10. The second-order valence-electron chi connectivity index (χ2n) is 5.96. The van der Waals surface area contributed by atoms with E-state index in [0.717, 1.165) is 17.0 Å². The van der Waals surface area contributed by atoms with Crippen LogP contribution in [0.5, 0.6) is 0 Å². The number of aromatic nitrogens is 1. The minimum atomic E-state index is -0.199. The molecule has 1 aromatic heterocycles. The second-order valence-corrected chi connectivity index (χ2v) is 7.17. The zero-order chi connectivity index (χ0) is 14.3. The van der Waals surface area contributed by atoms with Gasteiger partial charge in [-0.2, -0.15) is 0 Å². The number of carbonyl (C=O) groups is 1. The summed E-state index contributed by atoms with van der Waals surface area (Å²) in [6.07, 6.45) is 3.51. The lowest BCUT2D eigenvalue weighted by molar-refractivity contribution is 0.146. The van der Waals surface area contributed by atoms with Crippen LogP contribution in [0.1, 0.15) is 29.8 Å². The molecule has 0 spiro atoms. The number of thiazole rings is 1. The maximum Gasteiger partial charge on any atom is 0.321 e. The molecule has 0 radical (unpaired) electrons. The van der Waals surface area contributed by atoms with Gasteiger partial charge in [-0.15, -0.1) is 11.3 Å². The van der Waals surface area contributed by atoms with Gasteiger partial charge in [-0.1, -0.05) is 0 Å². The predicted octanol–water partition coefficient (Wildman–Crippen LogP) is 2.29. The Morgan fingerprint density at radius 3 is 2.80 bits per heavy atom. The number of nitrogens with zero attached hydrogens (tertiary/aromatic N) is 1. The molecule has 0 saturated heterocycles. The number of urea groups is 1. The van der Waals surface area contributed by atoms with Gasteiger partial charge in [-0.05, 0) is 44.9 Å². The van der Waals surface area contributed by atoms with E-state index in [9.17, 15) is 9.90 Å². The molecule has 1 aromatic rings. The van der Waals surface area contributed by atoms with Gasteiger partial charge in [0.2, 0.25) is 0 Å². The first kappa shape index (κ1) is 13.8. The molecule has 3 rings (SSSR count). The van der Waals surface area contributed by atoms with E-state index in [1.165, 1.54) is 24.2 Å². The lowest BCUT2D eigenvalue weighted by Gasteiger charge is -2.30. The van der Waals surface area contributed by atoms with Gasteiger partial charge in [0.15, 0.2) is 5.13 Å². The number of carbonyl (C=O) groups excluding carboxylic acids is 1. The van der Waals surface area contributed by atoms with Crippen LogP contribution in [-0.4, -0.2) is 28.8 Å². The van der Waals surface area contributed by atoms with E-state index in [1.54, 1.807) is 0 Å². The Bertz CT molecular complexity index is 497. The van der Waals surface area contributed by atoms with Crippen molar-refractivity contribution in [2.24, 2.45) is 17.8 Å². The number of nitrogens with one attached hydrogen (secondary N) is 2. The highest BCUT2D eigenvalue weighted by Crippen LogP contribution is 2.48. The molecular weight excluding hydrogens is 274 g/mol. The van der Waals surface area contributed by atoms with Crippen LogP contribution in [0.2, 0.25) is 0 Å². The van der Waals surface area contributed by atoms with Crippen molar-refractivity contribution < 1.29 is 9.90 Å². The van der Waals surface area contributed by atoms with Crippen molar-refractivity contribution in [1.82, 2.24) is 10.3 Å². The summed E-state index contributed by atoms with van der Waals surface area (Å²) < 4.78 is 0. The maximum absolute atomic E-state index is 12.1. The van der Waals surface area contributed by atoms with Gasteiger partial charge in [0, 0.05) is 23.4 Å². The number of aryl methyl sites for hydroxylation is 2. The Hall–Kier alpha value is -1.14. The summed E-state index contributed by atoms with van der Waals surface area (Å²) in [5.74, 6) is 1.33. The Balaban J connectivity index is 1.61. The SMILES string of the molecule is Cc1nc(NC(=O)N[C@@H]2[C@H]3CC[C@@H](C3)[C@@H]2CO)sc1C. The third-order valence-corrected chi connectivity index (χ3v) is 5.83. The van der Waals surface area contributed by atoms with E-state index in [1.807, 2.05) is 13.8 Å². The fraction of sp³-hybridized carbons (Fsp3) is 0.714. The molecule has 3 N–H and O–H groups in total. The molecule has 2 fully saturated rings. The number of fused-ring (bicyclic) bond motifs is 2. The van der Waals surface area contributed by atoms with Crippen molar-refractivity contribution in [2.75, 3.05) is 11.9 Å². The normalized spacial score (nSPS) is 31.6. The van der Waals surface area contributed by atoms with E-state index >= 15 is 0 Å². The van der Waals surface area contributed by atoms with Gasteiger partial charge < -0.3 is 10.4 Å². The summed E-state index contributed by atoms with van der Waals surface area (Å²) in [7, 11) is 0. The highest BCUT2D eigenvalue weighted by atomic mass is 32.1. The number of aliphatic hydroxyl groups excluding tert-OH is 1. The molecule has 2 bridgehead atoms. The van der Waals surface area contributed by atoms with Crippen LogP contribution in [0.15, 0.2) is 0 Å². The Labute approximate surface area is 122 Å². The predicted molar refractivity (Wildman–Crippen MR) is 78.9 cm³/mol. The van der Waals surface area contributed by atoms with Crippen molar-refractivity contribution in [3.8, 4) is 0 Å². The monoisotopic (exact) mass is 295 g/mol. The maximum atomic E-state index is 12.1. The zero-order valence-electron chi connectivity index (χ0n) is 11.8. The van der Waals surface area contributed by atoms with Gasteiger partial charge >= 0.3 is 6.03 Å². The minimum Gasteiger partial charge on any atom is -0.396 e. The van der Waals surface area contributed by atoms with Crippen molar-refractivity contribution in [3.05, 3.63) is 10.6 Å². The number of anilines is 1. The average Bonchev–Trinajstić information content (AvgIpc) is 3.05. The third-order valence-electron chi connectivity index (χ3n) is 4.85. The van der Waals surface area contributed by atoms with Crippen molar-refractivity contribution in [3.63, 3.8) is 0 Å². The Morgan fingerprint density at radius 1 is 1.40 bits per heavy atom. The first-order chi connectivity index (χ1) is 9.58. The molecule has 2 aliphatic carbocycles. The van der Waals surface area contributed by atoms with Crippen LogP contribution < -0.4 is 10.6 Å². The number of aliphatic hydroxyl groups is 1. The molecule has 2 aliphatic rings. The van der Waals surface area contributed by atoms with Crippen molar-refractivity contribution in [2.45, 2.75) is 39.2 Å². The highest BCUT2D eigenvalue weighted by molar-refractivity contribution is 7.15. The average molecular weight is 295 g/mol. The molecule has 4 atom stereocenters. The molecule has 2 saturated carbocycles. The molecular formula is C14H21N3O2S. The number of rotatable bonds is 3. The number of hydrogen-bond donors (Lipinski definition) is 3. The molecule has 20 heavy (non-hydrogen) atoms. The molecule has 1 heterocycles. The van der Waals surface area contributed by atoms with Crippen molar-refractivity contribution >= 4 is 22.5 Å². The van der Waals surface area contributed by atoms with Crippen LogP contribution in [0.25, 0.3) is 0 Å². The summed E-state index contributed by atoms with van der Waals surface area (Å²) in [4.78, 5) is 17.5. The summed E-state index contributed by atoms with van der Waals surface area (Å²) >= 11 is 1.49. The lowest BCUT2D eigenvalue weighted by atomic mass is 9.85. The zero-order valence-corrected chi connectivity index (χ0v) is 12.7. The van der Waals surface area contributed by atoms with Gasteiger partial charge in [0.1, 0.15) is 0 Å². The molecule has 0 aliphatic heterocycles. The van der Waals surface area contributed by atoms with Crippen molar-refractivity contribution in [1.29, 1.82) is 0 Å². The van der Waals surface area contributed by atoms with E-state index in [2.05, 4.69) is 15.6 Å². The topological polar surface area (TPSA) is 74.2 Å². The van der Waals surface area contributed by atoms with Crippen LogP contribution in [-0.2, 0) is 0 Å². The first-order valence-corrected chi connectivity index (χ1v) is 8.02. The molecule has 2 amide bonds. The van der Waals surface area contributed by atoms with Crippen LogP contribution in [0, 0.1) is 31.6 Å². The smallest absolute Gasteiger partial charge is 0.321 e. The summed E-state index contributed by atoms with van der Waals surface area (Å²) in [6, 6.07) is -0.0874. The standard InChI is InChI=1S/C14H21N3O2S/c1-7-8(2)20-14(15-7)17-13(19)16-12-10-4-3-9(5-10)11(12)6-18/h9-12,18H,3-6H2,1-2H3,(H2,15,16,17,19)/t9-,10-,11-,12+/m0/s1. The Morgan fingerprint density at radius 2 is 2.15 bits per heavy atom. The molecule has 6 heteroatoms. The van der Waals surface area contributed by atoms with E-state index in [0.29, 0.717) is 17.0 Å². The van der Waals surface area contributed by atoms with Gasteiger partial charge in [0.05, 0.1) is 5.69 Å². The summed E-state index contributed by atoms with van der Waals surface area (Å²) in [5.41, 5.74) is 0.957. The van der Waals surface area contributed by atoms with Crippen LogP contribution in [0.4, 0.5) is 9.93 Å². The molecule has 110 valence electrons. The van der Waals surface area contributed by atoms with Gasteiger partial charge in [-0.3, -0.25) is 5.32 Å². The first-order valence-electron chi connectivity index (χ1n) is 7.21. The van der Waals surface area contributed by atoms with Gasteiger partial charge in [0.25, 0.3) is 0 Å². The van der Waals surface area contributed by atoms with E-state index in [4.69, 9.17) is 0 Å². The van der Waals surface area contributed by atoms with E-state index in [-0.39, 0.29) is 24.6 Å². The largest absolute Gasteiger partial charge is 0.396 e. The molecule has 0 aromatic carbocycles. The molecule has 0 unspecified atom stereocenters. The second kappa shape index (κ2) is 5.33. The van der Waals surface area contributed by atoms with Crippen LogP contribution in [0.3, 0.4) is 0 Å². The fourth-order valence-corrected chi connectivity index (χ4v) is 4.52. The minimum absolute atomic E-state index is 0.112. The quantitative estimate of drug-likeness (QED) is 0.801. The fourth-order valence-electron chi connectivity index (χ4n) is 3.71. The Kier molecular flexibility index (Phi) is 3.69. The van der Waals surface area contributed by atoms with E-state index < -0.39 is 0 Å². The third kappa shape index (κ3) is 2.42. The molecule has 5 nitrogen and oxygen atoms in total. The van der Waals surface area contributed by atoms with Crippen LogP contribution >= 0.6 is 11.3 Å². The van der Waals surface area contributed by atoms with Gasteiger partial charge in [-0.25, -0.2) is 9.78 Å².